The molecule has 3 aromatic rings. The van der Waals surface area contributed by atoms with Crippen LogP contribution in [0.5, 0.6) is 0 Å². The maximum Gasteiger partial charge on any atom is 0.385 e. The zero-order valence-corrected chi connectivity index (χ0v) is 18.0. The number of carbonyl (C=O) groups excluding carboxylic acids is 1. The van der Waals surface area contributed by atoms with Gasteiger partial charge in [0.05, 0.1) is 18.1 Å². The number of aryl methyl sites for hydroxylation is 1. The molecule has 2 aromatic heterocycles. The van der Waals surface area contributed by atoms with Gasteiger partial charge in [-0.3, -0.25) is 20.2 Å². The van der Waals surface area contributed by atoms with Gasteiger partial charge in [-0.05, 0) is 44.4 Å². The number of hydrazine groups is 1. The Hall–Kier alpha value is -2.45. The van der Waals surface area contributed by atoms with Crippen molar-refractivity contribution in [2.75, 3.05) is 18.6 Å². The van der Waals surface area contributed by atoms with E-state index < -0.39 is 7.60 Å². The highest BCUT2D eigenvalue weighted by atomic mass is 32.1. The number of rotatable bonds is 9. The summed E-state index contributed by atoms with van der Waals surface area (Å²) in [4.78, 5) is 17.1. The molecule has 0 fully saturated rings. The summed E-state index contributed by atoms with van der Waals surface area (Å²) in [7, 11) is -3.75. The molecule has 0 radical (unpaired) electrons. The third kappa shape index (κ3) is 4.94. The molecule has 0 aliphatic rings. The Morgan fingerprint density at radius 2 is 1.86 bits per heavy atom. The fraction of sp³-hybridized carbons (Fsp3) is 0.263. The Morgan fingerprint density at radius 3 is 2.45 bits per heavy atom. The van der Waals surface area contributed by atoms with E-state index in [9.17, 15) is 9.36 Å². The van der Waals surface area contributed by atoms with Crippen molar-refractivity contribution in [1.29, 1.82) is 0 Å². The minimum absolute atomic E-state index is 0.00397. The lowest BCUT2D eigenvalue weighted by Gasteiger charge is -2.15. The van der Waals surface area contributed by atoms with E-state index in [0.717, 1.165) is 5.56 Å². The van der Waals surface area contributed by atoms with Gasteiger partial charge in [-0.2, -0.15) is 4.98 Å². The maximum absolute atomic E-state index is 13.3. The van der Waals surface area contributed by atoms with Crippen molar-refractivity contribution < 1.29 is 22.8 Å². The summed E-state index contributed by atoms with van der Waals surface area (Å²) in [5, 5.41) is 1.79. The molecule has 1 aromatic carbocycles. The van der Waals surface area contributed by atoms with Crippen molar-refractivity contribution >= 4 is 36.2 Å². The monoisotopic (exact) mass is 435 g/mol. The van der Waals surface area contributed by atoms with E-state index in [1.54, 1.807) is 31.4 Å². The first-order valence-electron chi connectivity index (χ1n) is 9.04. The quantitative estimate of drug-likeness (QED) is 0.380. The third-order valence-electron chi connectivity index (χ3n) is 3.80. The largest absolute Gasteiger partial charge is 0.418 e. The van der Waals surface area contributed by atoms with Crippen LogP contribution in [0.25, 0.3) is 11.5 Å². The van der Waals surface area contributed by atoms with E-state index in [2.05, 4.69) is 15.8 Å². The topological polar surface area (TPSA) is 103 Å². The number of hydrogen-bond acceptors (Lipinski definition) is 8. The van der Waals surface area contributed by atoms with Gasteiger partial charge in [0, 0.05) is 5.56 Å². The summed E-state index contributed by atoms with van der Waals surface area (Å²) < 4.78 is 29.9. The lowest BCUT2D eigenvalue weighted by atomic mass is 10.1. The lowest BCUT2D eigenvalue weighted by molar-refractivity contribution is 0.0965. The fourth-order valence-electron chi connectivity index (χ4n) is 2.48. The average Bonchev–Trinajstić information content (AvgIpc) is 3.38. The first kappa shape index (κ1) is 21.3. The molecule has 1 amide bonds. The van der Waals surface area contributed by atoms with E-state index in [4.69, 9.17) is 13.5 Å². The van der Waals surface area contributed by atoms with Gasteiger partial charge in [0.15, 0.2) is 0 Å². The molecule has 2 N–H and O–H groups in total. The molecule has 0 saturated carbocycles. The number of amides is 1. The molecule has 3 rings (SSSR count). The van der Waals surface area contributed by atoms with Gasteiger partial charge in [0.2, 0.25) is 17.2 Å². The summed E-state index contributed by atoms with van der Waals surface area (Å²) in [6.07, 6.45) is 0. The Balaban J connectivity index is 1.96. The fourth-order valence-corrected chi connectivity index (χ4v) is 4.66. The minimum atomic E-state index is -3.75. The Bertz CT molecular complexity index is 992. The van der Waals surface area contributed by atoms with Crippen LogP contribution in [0.15, 0.2) is 46.2 Å². The molecular weight excluding hydrogens is 413 g/mol. The highest BCUT2D eigenvalue weighted by Crippen LogP contribution is 2.49. The van der Waals surface area contributed by atoms with E-state index in [1.807, 2.05) is 31.2 Å². The van der Waals surface area contributed by atoms with E-state index >= 15 is 0 Å². The third-order valence-corrected chi connectivity index (χ3v) is 6.69. The van der Waals surface area contributed by atoms with Crippen molar-refractivity contribution in [3.8, 4) is 11.5 Å². The van der Waals surface area contributed by atoms with Gasteiger partial charge in [-0.1, -0.05) is 23.8 Å². The van der Waals surface area contributed by atoms with Crippen molar-refractivity contribution in [2.45, 2.75) is 20.8 Å². The molecule has 10 heteroatoms. The van der Waals surface area contributed by atoms with Crippen molar-refractivity contribution in [3.63, 3.8) is 0 Å². The molecule has 0 spiro atoms. The number of hydrogen-bond donors (Lipinski definition) is 2. The Morgan fingerprint density at radius 1 is 1.17 bits per heavy atom. The van der Waals surface area contributed by atoms with Crippen LogP contribution in [-0.4, -0.2) is 24.1 Å². The molecule has 2 heterocycles. The average molecular weight is 435 g/mol. The zero-order chi connectivity index (χ0) is 20.9. The van der Waals surface area contributed by atoms with Gasteiger partial charge in [-0.25, -0.2) is 0 Å². The molecule has 29 heavy (non-hydrogen) atoms. The Labute approximate surface area is 172 Å². The second-order valence-corrected chi connectivity index (χ2v) is 8.81. The van der Waals surface area contributed by atoms with Gasteiger partial charge < -0.3 is 13.5 Å². The van der Waals surface area contributed by atoms with Crippen molar-refractivity contribution in [1.82, 2.24) is 10.4 Å². The van der Waals surface area contributed by atoms with E-state index in [0.29, 0.717) is 10.4 Å². The number of anilines is 1. The SMILES string of the molecule is CCOP(=O)(OCC)c1nc(-c2ccc(C)cc2)oc1NNC(=O)c1cccs1. The summed E-state index contributed by atoms with van der Waals surface area (Å²) in [5.74, 6) is -0.134. The van der Waals surface area contributed by atoms with Crippen LogP contribution in [0.2, 0.25) is 0 Å². The molecule has 154 valence electrons. The Kier molecular flexibility index (Phi) is 6.87. The van der Waals surface area contributed by atoms with Crippen molar-refractivity contribution in [3.05, 3.63) is 52.2 Å². The van der Waals surface area contributed by atoms with Gasteiger partial charge >= 0.3 is 7.60 Å². The molecular formula is C19H22N3O5PS. The highest BCUT2D eigenvalue weighted by Gasteiger charge is 2.36. The molecule has 0 saturated heterocycles. The van der Waals surface area contributed by atoms with Crippen LogP contribution in [-0.2, 0) is 13.6 Å². The molecule has 0 aliphatic carbocycles. The number of nitrogens with zero attached hydrogens (tertiary/aromatic N) is 1. The number of carbonyl (C=O) groups is 1. The molecule has 0 unspecified atom stereocenters. The number of oxazole rings is 1. The minimum Gasteiger partial charge on any atom is -0.418 e. The molecule has 0 bridgehead atoms. The number of benzene rings is 1. The predicted octanol–water partition coefficient (Wildman–Crippen LogP) is 4.36. The second kappa shape index (κ2) is 9.37. The lowest BCUT2D eigenvalue weighted by Crippen LogP contribution is -2.31. The van der Waals surface area contributed by atoms with Gasteiger partial charge in [0.1, 0.15) is 0 Å². The first-order chi connectivity index (χ1) is 14.0. The van der Waals surface area contributed by atoms with E-state index in [1.165, 1.54) is 11.3 Å². The number of nitrogens with one attached hydrogen (secondary N) is 2. The van der Waals surface area contributed by atoms with Crippen LogP contribution in [0, 0.1) is 6.92 Å². The first-order valence-corrected chi connectivity index (χ1v) is 11.5. The molecule has 8 nitrogen and oxygen atoms in total. The maximum atomic E-state index is 13.3. The normalized spacial score (nSPS) is 11.4. The number of aromatic nitrogens is 1. The van der Waals surface area contributed by atoms with Crippen LogP contribution in [0.4, 0.5) is 5.88 Å². The van der Waals surface area contributed by atoms with Gasteiger partial charge in [0.25, 0.3) is 5.91 Å². The summed E-state index contributed by atoms with van der Waals surface area (Å²) in [6.45, 7) is 5.70. The van der Waals surface area contributed by atoms with Crippen LogP contribution in [0.3, 0.4) is 0 Å². The number of thiophene rings is 1. The van der Waals surface area contributed by atoms with Crippen molar-refractivity contribution in [2.24, 2.45) is 0 Å². The van der Waals surface area contributed by atoms with Crippen LogP contribution >= 0.6 is 18.9 Å². The predicted molar refractivity (Wildman–Crippen MR) is 113 cm³/mol. The summed E-state index contributed by atoms with van der Waals surface area (Å²) >= 11 is 1.29. The molecule has 0 atom stereocenters. The summed E-state index contributed by atoms with van der Waals surface area (Å²) in [6, 6.07) is 11.0. The molecule has 0 aliphatic heterocycles. The summed E-state index contributed by atoms with van der Waals surface area (Å²) in [5.41, 5.74) is 6.94. The smallest absolute Gasteiger partial charge is 0.385 e. The van der Waals surface area contributed by atoms with Crippen LogP contribution < -0.4 is 16.3 Å². The van der Waals surface area contributed by atoms with E-state index in [-0.39, 0.29) is 36.3 Å². The second-order valence-electron chi connectivity index (χ2n) is 5.93. The standard InChI is InChI=1S/C19H22N3O5PS/c1-4-25-28(24,26-5-2)19-18(22-21-16(23)15-7-6-12-29-15)27-17(20-19)14-10-8-13(3)9-11-14/h6-12,22H,4-5H2,1-3H3,(H,21,23). The van der Waals surface area contributed by atoms with Gasteiger partial charge in [-0.15, -0.1) is 11.3 Å². The van der Waals surface area contributed by atoms with Crippen LogP contribution in [0.1, 0.15) is 29.1 Å². The zero-order valence-electron chi connectivity index (χ0n) is 16.3. The highest BCUT2D eigenvalue weighted by molar-refractivity contribution is 7.62.